The third-order valence-corrected chi connectivity index (χ3v) is 6.87. The van der Waals surface area contributed by atoms with Crippen molar-refractivity contribution in [1.82, 2.24) is 4.98 Å². The molecule has 0 spiro atoms. The van der Waals surface area contributed by atoms with Crippen molar-refractivity contribution in [3.8, 4) is 11.5 Å². The van der Waals surface area contributed by atoms with Crippen molar-refractivity contribution in [3.63, 3.8) is 0 Å². The van der Waals surface area contributed by atoms with E-state index >= 15 is 0 Å². The van der Waals surface area contributed by atoms with Gasteiger partial charge in [0.25, 0.3) is 5.78 Å². The smallest absolute Gasteiger partial charge is 0.302 e. The molecular formula is C24H15ClN2O6S. The molecule has 0 radical (unpaired) electrons. The van der Waals surface area contributed by atoms with Crippen molar-refractivity contribution in [1.29, 1.82) is 0 Å². The van der Waals surface area contributed by atoms with Gasteiger partial charge < -0.3 is 19.0 Å². The van der Waals surface area contributed by atoms with E-state index in [4.69, 9.17) is 25.5 Å². The van der Waals surface area contributed by atoms with Gasteiger partial charge in [0.1, 0.15) is 30.8 Å². The van der Waals surface area contributed by atoms with E-state index in [1.54, 1.807) is 48.5 Å². The minimum absolute atomic E-state index is 0.103. The van der Waals surface area contributed by atoms with Crippen LogP contribution in [-0.2, 0) is 9.59 Å². The molecule has 1 N–H and O–H groups in total. The van der Waals surface area contributed by atoms with Crippen molar-refractivity contribution < 1.29 is 28.6 Å². The van der Waals surface area contributed by atoms with E-state index in [-0.39, 0.29) is 11.3 Å². The first kappa shape index (κ1) is 20.8. The molecule has 1 saturated heterocycles. The lowest BCUT2D eigenvalue weighted by atomic mass is 9.99. The summed E-state index contributed by atoms with van der Waals surface area (Å²) in [6.07, 6.45) is 1.44. The number of halogens is 1. The molecule has 2 aromatic heterocycles. The number of nitrogens with zero attached hydrogens (tertiary/aromatic N) is 2. The Morgan fingerprint density at radius 3 is 2.71 bits per heavy atom. The maximum Gasteiger partial charge on any atom is 0.302 e. The van der Waals surface area contributed by atoms with Gasteiger partial charge in [0.15, 0.2) is 16.6 Å². The number of Topliss-reactive ketones (excluding diaryl/α,β-unsaturated/α-hetero) is 1. The molecule has 4 heterocycles. The van der Waals surface area contributed by atoms with Gasteiger partial charge in [-0.25, -0.2) is 4.98 Å². The van der Waals surface area contributed by atoms with Crippen LogP contribution < -0.4 is 14.4 Å². The number of ether oxygens (including phenoxy) is 2. The minimum atomic E-state index is -1.00. The SMILES string of the molecule is O=C1C(=O)N(c2nc3ccc(Cl)cc3s2)C(c2ccco2)/C1=C(\O)c1ccc2c(c1)OCCO2. The van der Waals surface area contributed by atoms with Gasteiger partial charge in [-0.05, 0) is 48.5 Å². The zero-order valence-corrected chi connectivity index (χ0v) is 18.9. The second-order valence-corrected chi connectivity index (χ2v) is 9.10. The molecule has 2 aliphatic rings. The number of carbonyl (C=O) groups is 2. The first-order valence-electron chi connectivity index (χ1n) is 10.3. The standard InChI is InChI=1S/C24H15ClN2O6S/c25-13-4-5-14-18(11-13)34-24(26-14)27-20(16-2-1-7-31-16)19(22(29)23(27)30)21(28)12-3-6-15-17(10-12)33-9-8-32-15/h1-7,10-11,20,28H,8-9H2/b21-19+. The fourth-order valence-electron chi connectivity index (χ4n) is 4.08. The van der Waals surface area contributed by atoms with E-state index in [1.807, 2.05) is 0 Å². The summed E-state index contributed by atoms with van der Waals surface area (Å²) in [5.74, 6) is -0.697. The lowest BCUT2D eigenvalue weighted by molar-refractivity contribution is -0.132. The summed E-state index contributed by atoms with van der Waals surface area (Å²) < 4.78 is 17.5. The van der Waals surface area contributed by atoms with E-state index in [2.05, 4.69) is 4.98 Å². The summed E-state index contributed by atoms with van der Waals surface area (Å²) in [6.45, 7) is 0.797. The number of fused-ring (bicyclic) bond motifs is 2. The third-order valence-electron chi connectivity index (χ3n) is 5.62. The van der Waals surface area contributed by atoms with Crippen molar-refractivity contribution in [2.45, 2.75) is 6.04 Å². The number of carbonyl (C=O) groups excluding carboxylic acids is 2. The summed E-state index contributed by atoms with van der Waals surface area (Å²) in [6, 6.07) is 12.3. The fourth-order valence-corrected chi connectivity index (χ4v) is 5.35. The van der Waals surface area contributed by atoms with Gasteiger partial charge in [-0.2, -0.15) is 0 Å². The number of aliphatic hydroxyl groups excluding tert-OH is 1. The third kappa shape index (κ3) is 3.24. The molecule has 0 bridgehead atoms. The number of aliphatic hydroxyl groups is 1. The molecule has 1 atom stereocenters. The van der Waals surface area contributed by atoms with Gasteiger partial charge in [-0.3, -0.25) is 14.5 Å². The van der Waals surface area contributed by atoms with Crippen LogP contribution in [0.5, 0.6) is 11.5 Å². The number of thiazole rings is 1. The molecule has 2 aliphatic heterocycles. The van der Waals surface area contributed by atoms with Crippen molar-refractivity contribution in [2.75, 3.05) is 18.1 Å². The fraction of sp³-hybridized carbons (Fsp3) is 0.125. The quantitative estimate of drug-likeness (QED) is 0.244. The average molecular weight is 495 g/mol. The number of hydrogen-bond donors (Lipinski definition) is 1. The molecule has 6 rings (SSSR count). The maximum atomic E-state index is 13.2. The molecule has 8 nitrogen and oxygen atoms in total. The Morgan fingerprint density at radius 1 is 1.09 bits per heavy atom. The molecule has 0 aliphatic carbocycles. The highest BCUT2D eigenvalue weighted by Gasteiger charge is 2.49. The molecule has 10 heteroatoms. The molecule has 1 amide bonds. The number of benzene rings is 2. The van der Waals surface area contributed by atoms with Gasteiger partial charge in [0.05, 0.1) is 22.1 Å². The number of rotatable bonds is 3. The van der Waals surface area contributed by atoms with E-state index < -0.39 is 17.7 Å². The maximum absolute atomic E-state index is 13.2. The van der Waals surface area contributed by atoms with Crippen LogP contribution in [0.15, 0.2) is 64.8 Å². The lowest BCUT2D eigenvalue weighted by Crippen LogP contribution is -2.29. The zero-order chi connectivity index (χ0) is 23.4. The summed E-state index contributed by atoms with van der Waals surface area (Å²) in [5, 5.41) is 12.1. The van der Waals surface area contributed by atoms with Crippen molar-refractivity contribution >= 4 is 55.7 Å². The van der Waals surface area contributed by atoms with Crippen LogP contribution >= 0.6 is 22.9 Å². The summed E-state index contributed by atoms with van der Waals surface area (Å²) in [5.41, 5.74) is 0.847. The molecule has 170 valence electrons. The summed E-state index contributed by atoms with van der Waals surface area (Å²) in [7, 11) is 0. The Labute approximate surface area is 201 Å². The van der Waals surface area contributed by atoms with Crippen molar-refractivity contribution in [3.05, 3.63) is 76.7 Å². The van der Waals surface area contributed by atoms with Gasteiger partial charge in [-0.15, -0.1) is 0 Å². The molecule has 1 fully saturated rings. The number of ketones is 1. The van der Waals surface area contributed by atoms with E-state index in [1.165, 1.54) is 22.5 Å². The van der Waals surface area contributed by atoms with Gasteiger partial charge in [-0.1, -0.05) is 22.9 Å². The number of hydrogen-bond acceptors (Lipinski definition) is 8. The van der Waals surface area contributed by atoms with Crippen LogP contribution in [0.1, 0.15) is 17.4 Å². The van der Waals surface area contributed by atoms with E-state index in [0.717, 1.165) is 4.70 Å². The highest BCUT2D eigenvalue weighted by atomic mass is 35.5. The molecule has 1 unspecified atom stereocenters. The molecule has 34 heavy (non-hydrogen) atoms. The Balaban J connectivity index is 1.52. The second kappa shape index (κ2) is 7.89. The molecule has 0 saturated carbocycles. The second-order valence-electron chi connectivity index (χ2n) is 7.65. The molecule has 2 aromatic carbocycles. The Morgan fingerprint density at radius 2 is 1.91 bits per heavy atom. The van der Waals surface area contributed by atoms with Gasteiger partial charge in [0.2, 0.25) is 0 Å². The minimum Gasteiger partial charge on any atom is -0.507 e. The van der Waals surface area contributed by atoms with Crippen LogP contribution in [0, 0.1) is 0 Å². The van der Waals surface area contributed by atoms with Crippen LogP contribution in [0.25, 0.3) is 16.0 Å². The topological polar surface area (TPSA) is 102 Å². The van der Waals surface area contributed by atoms with Crippen molar-refractivity contribution in [2.24, 2.45) is 0 Å². The average Bonchev–Trinajstić information content (AvgIpc) is 3.57. The van der Waals surface area contributed by atoms with Crippen LogP contribution in [0.3, 0.4) is 0 Å². The normalized spacial score (nSPS) is 19.2. The first-order chi connectivity index (χ1) is 16.5. The largest absolute Gasteiger partial charge is 0.507 e. The predicted molar refractivity (Wildman–Crippen MR) is 126 cm³/mol. The number of aromatic nitrogens is 1. The van der Waals surface area contributed by atoms with E-state index in [0.29, 0.717) is 51.7 Å². The van der Waals surface area contributed by atoms with Crippen LogP contribution in [-0.4, -0.2) is 35.0 Å². The highest BCUT2D eigenvalue weighted by Crippen LogP contribution is 2.45. The Bertz CT molecular complexity index is 1490. The van der Waals surface area contributed by atoms with E-state index in [9.17, 15) is 14.7 Å². The highest BCUT2D eigenvalue weighted by molar-refractivity contribution is 7.22. The summed E-state index contributed by atoms with van der Waals surface area (Å²) in [4.78, 5) is 32.2. The lowest BCUT2D eigenvalue weighted by Gasteiger charge is -2.21. The molecular weight excluding hydrogens is 480 g/mol. The monoisotopic (exact) mass is 494 g/mol. The Hall–Kier alpha value is -3.82. The number of anilines is 1. The predicted octanol–water partition coefficient (Wildman–Crippen LogP) is 4.94. The van der Waals surface area contributed by atoms with Gasteiger partial charge in [0, 0.05) is 10.6 Å². The first-order valence-corrected chi connectivity index (χ1v) is 11.5. The summed E-state index contributed by atoms with van der Waals surface area (Å²) >= 11 is 7.32. The van der Waals surface area contributed by atoms with Gasteiger partial charge >= 0.3 is 5.91 Å². The van der Waals surface area contributed by atoms with Crippen LogP contribution in [0.4, 0.5) is 5.13 Å². The number of furan rings is 1. The Kier molecular flexibility index (Phi) is 4.82. The molecule has 4 aromatic rings. The van der Waals surface area contributed by atoms with Crippen LogP contribution in [0.2, 0.25) is 5.02 Å². The number of amides is 1. The zero-order valence-electron chi connectivity index (χ0n) is 17.4.